The zero-order valence-corrected chi connectivity index (χ0v) is 12.9. The number of rotatable bonds is 4. The van der Waals surface area contributed by atoms with E-state index in [4.69, 9.17) is 17.3 Å². The Morgan fingerprint density at radius 3 is 2.43 bits per heavy atom. The van der Waals surface area contributed by atoms with Crippen molar-refractivity contribution in [2.45, 2.75) is 25.9 Å². The van der Waals surface area contributed by atoms with Crippen LogP contribution in [0.4, 0.5) is 0 Å². The molecule has 0 fully saturated rings. The summed E-state index contributed by atoms with van der Waals surface area (Å²) in [4.78, 5) is 12.2. The predicted octanol–water partition coefficient (Wildman–Crippen LogP) is 3.53. The average Bonchev–Trinajstić information content (AvgIpc) is 2.47. The number of aryl methyl sites for hydroxylation is 1. The number of hydrogen-bond acceptors (Lipinski definition) is 2. The molecule has 21 heavy (non-hydrogen) atoms. The molecule has 0 saturated heterocycles. The summed E-state index contributed by atoms with van der Waals surface area (Å²) in [5.74, 6) is -0.202. The lowest BCUT2D eigenvalue weighted by Gasteiger charge is -2.18. The number of hydrogen-bond donors (Lipinski definition) is 2. The first kappa shape index (κ1) is 15.5. The fourth-order valence-corrected chi connectivity index (χ4v) is 2.29. The lowest BCUT2D eigenvalue weighted by Crippen LogP contribution is -2.35. The number of halogens is 1. The zero-order valence-electron chi connectivity index (χ0n) is 12.1. The Kier molecular flexibility index (Phi) is 4.99. The van der Waals surface area contributed by atoms with Crippen LogP contribution >= 0.6 is 11.6 Å². The van der Waals surface area contributed by atoms with Gasteiger partial charge in [-0.1, -0.05) is 53.6 Å². The molecule has 2 aromatic rings. The van der Waals surface area contributed by atoms with Crippen molar-refractivity contribution in [1.29, 1.82) is 0 Å². The van der Waals surface area contributed by atoms with Gasteiger partial charge in [-0.25, -0.2) is 0 Å². The molecule has 0 aliphatic heterocycles. The molecule has 4 heteroatoms. The van der Waals surface area contributed by atoms with Crippen LogP contribution in [-0.2, 0) is 4.79 Å². The normalized spacial score (nSPS) is 13.5. The monoisotopic (exact) mass is 302 g/mol. The average molecular weight is 303 g/mol. The van der Waals surface area contributed by atoms with Gasteiger partial charge >= 0.3 is 0 Å². The van der Waals surface area contributed by atoms with E-state index in [2.05, 4.69) is 5.32 Å². The minimum atomic E-state index is -0.674. The smallest absolute Gasteiger partial charge is 0.241 e. The van der Waals surface area contributed by atoms with Gasteiger partial charge in [-0.05, 0) is 37.1 Å². The maximum Gasteiger partial charge on any atom is 0.241 e. The summed E-state index contributed by atoms with van der Waals surface area (Å²) in [6, 6.07) is 14.3. The van der Waals surface area contributed by atoms with Crippen molar-refractivity contribution in [3.05, 3.63) is 70.2 Å². The van der Waals surface area contributed by atoms with Crippen LogP contribution < -0.4 is 11.1 Å². The number of amides is 1. The number of benzene rings is 2. The first-order chi connectivity index (χ1) is 9.97. The zero-order chi connectivity index (χ0) is 15.4. The summed E-state index contributed by atoms with van der Waals surface area (Å²) in [5, 5.41) is 3.56. The molecule has 0 radical (unpaired) electrons. The summed E-state index contributed by atoms with van der Waals surface area (Å²) < 4.78 is 0. The van der Waals surface area contributed by atoms with Crippen molar-refractivity contribution in [2.24, 2.45) is 5.73 Å². The number of nitrogens with one attached hydrogen (secondary N) is 1. The van der Waals surface area contributed by atoms with Crippen LogP contribution in [0, 0.1) is 6.92 Å². The Hall–Kier alpha value is -1.84. The van der Waals surface area contributed by atoms with Gasteiger partial charge in [-0.3, -0.25) is 4.79 Å². The number of carbonyl (C=O) groups is 1. The van der Waals surface area contributed by atoms with E-state index in [-0.39, 0.29) is 11.9 Å². The molecular weight excluding hydrogens is 284 g/mol. The third-order valence-electron chi connectivity index (χ3n) is 3.43. The van der Waals surface area contributed by atoms with Crippen molar-refractivity contribution < 1.29 is 4.79 Å². The van der Waals surface area contributed by atoms with Gasteiger partial charge in [0.1, 0.15) is 6.04 Å². The summed E-state index contributed by atoms with van der Waals surface area (Å²) in [6.45, 7) is 3.90. The van der Waals surface area contributed by atoms with E-state index < -0.39 is 6.04 Å². The Bertz CT molecular complexity index is 625. The molecule has 0 saturated carbocycles. The lowest BCUT2D eigenvalue weighted by atomic mass is 10.0. The van der Waals surface area contributed by atoms with Crippen molar-refractivity contribution >= 4 is 17.5 Å². The summed E-state index contributed by atoms with van der Waals surface area (Å²) in [7, 11) is 0. The minimum Gasteiger partial charge on any atom is -0.348 e. The standard InChI is InChI=1S/C17H19ClN2O/c1-11-6-8-13(9-7-11)16(19)17(21)20-12(2)14-4-3-5-15(18)10-14/h3-10,12,16H,19H2,1-2H3,(H,20,21)/t12-,16?/m0/s1. The van der Waals surface area contributed by atoms with Crippen LogP contribution in [0.5, 0.6) is 0 Å². The van der Waals surface area contributed by atoms with Gasteiger partial charge in [-0.15, -0.1) is 0 Å². The molecule has 1 amide bonds. The quantitative estimate of drug-likeness (QED) is 0.908. The lowest BCUT2D eigenvalue weighted by molar-refractivity contribution is -0.123. The Morgan fingerprint density at radius 2 is 1.81 bits per heavy atom. The number of carbonyl (C=O) groups excluding carboxylic acids is 1. The van der Waals surface area contributed by atoms with Crippen molar-refractivity contribution in [3.8, 4) is 0 Å². The third-order valence-corrected chi connectivity index (χ3v) is 3.66. The van der Waals surface area contributed by atoms with E-state index in [1.165, 1.54) is 0 Å². The minimum absolute atomic E-state index is 0.146. The van der Waals surface area contributed by atoms with Crippen LogP contribution in [0.25, 0.3) is 0 Å². The van der Waals surface area contributed by atoms with Crippen LogP contribution in [-0.4, -0.2) is 5.91 Å². The van der Waals surface area contributed by atoms with E-state index in [0.717, 1.165) is 16.7 Å². The van der Waals surface area contributed by atoms with Gasteiger partial charge in [-0.2, -0.15) is 0 Å². The van der Waals surface area contributed by atoms with Crippen molar-refractivity contribution in [3.63, 3.8) is 0 Å². The van der Waals surface area contributed by atoms with Crippen molar-refractivity contribution in [2.75, 3.05) is 0 Å². The summed E-state index contributed by atoms with van der Waals surface area (Å²) in [6.07, 6.45) is 0. The molecular formula is C17H19ClN2O. The molecule has 0 heterocycles. The van der Waals surface area contributed by atoms with Crippen LogP contribution in [0.3, 0.4) is 0 Å². The van der Waals surface area contributed by atoms with E-state index >= 15 is 0 Å². The third kappa shape index (κ3) is 4.06. The Morgan fingerprint density at radius 1 is 1.14 bits per heavy atom. The van der Waals surface area contributed by atoms with Gasteiger partial charge in [0.2, 0.25) is 5.91 Å². The molecule has 0 aliphatic carbocycles. The molecule has 2 aromatic carbocycles. The molecule has 3 nitrogen and oxygen atoms in total. The Labute approximate surface area is 130 Å². The van der Waals surface area contributed by atoms with Gasteiger partial charge in [0.25, 0.3) is 0 Å². The second kappa shape index (κ2) is 6.74. The highest BCUT2D eigenvalue weighted by molar-refractivity contribution is 6.30. The number of nitrogens with two attached hydrogens (primary N) is 1. The predicted molar refractivity (Wildman–Crippen MR) is 86.1 cm³/mol. The van der Waals surface area contributed by atoms with E-state index in [9.17, 15) is 4.79 Å². The van der Waals surface area contributed by atoms with Crippen LogP contribution in [0.2, 0.25) is 5.02 Å². The highest BCUT2D eigenvalue weighted by Gasteiger charge is 2.18. The molecule has 0 bridgehead atoms. The molecule has 110 valence electrons. The molecule has 0 aliphatic rings. The highest BCUT2D eigenvalue weighted by Crippen LogP contribution is 2.19. The summed E-state index contributed by atoms with van der Waals surface area (Å²) >= 11 is 5.96. The first-order valence-corrected chi connectivity index (χ1v) is 7.23. The van der Waals surface area contributed by atoms with Crippen LogP contribution in [0.15, 0.2) is 48.5 Å². The van der Waals surface area contributed by atoms with Gasteiger partial charge in [0.05, 0.1) is 6.04 Å². The largest absolute Gasteiger partial charge is 0.348 e. The summed E-state index contributed by atoms with van der Waals surface area (Å²) in [5.41, 5.74) is 8.90. The van der Waals surface area contributed by atoms with Gasteiger partial charge < -0.3 is 11.1 Å². The molecule has 1 unspecified atom stereocenters. The van der Waals surface area contributed by atoms with E-state index in [1.54, 1.807) is 6.07 Å². The SMILES string of the molecule is Cc1ccc(C(N)C(=O)N[C@@H](C)c2cccc(Cl)c2)cc1. The van der Waals surface area contributed by atoms with Crippen molar-refractivity contribution in [1.82, 2.24) is 5.32 Å². The second-order valence-electron chi connectivity index (χ2n) is 5.17. The topological polar surface area (TPSA) is 55.1 Å². The Balaban J connectivity index is 2.05. The first-order valence-electron chi connectivity index (χ1n) is 6.85. The van der Waals surface area contributed by atoms with E-state index in [1.807, 2.05) is 56.3 Å². The fraction of sp³-hybridized carbons (Fsp3) is 0.235. The van der Waals surface area contributed by atoms with E-state index in [0.29, 0.717) is 5.02 Å². The van der Waals surface area contributed by atoms with Gasteiger partial charge in [0, 0.05) is 5.02 Å². The maximum atomic E-state index is 12.2. The molecule has 2 rings (SSSR count). The maximum absolute atomic E-state index is 12.2. The molecule has 0 spiro atoms. The molecule has 0 aromatic heterocycles. The van der Waals surface area contributed by atoms with Gasteiger partial charge in [0.15, 0.2) is 0 Å². The van der Waals surface area contributed by atoms with Crippen LogP contribution in [0.1, 0.15) is 35.7 Å². The molecule has 3 N–H and O–H groups in total. The fourth-order valence-electron chi connectivity index (χ4n) is 2.09. The second-order valence-corrected chi connectivity index (χ2v) is 5.61. The highest BCUT2D eigenvalue weighted by atomic mass is 35.5. The molecule has 2 atom stereocenters.